The molecule has 0 radical (unpaired) electrons. The number of piperidine rings is 1. The molecule has 0 saturated carbocycles. The van der Waals surface area contributed by atoms with Gasteiger partial charge in [0, 0.05) is 24.8 Å². The van der Waals surface area contributed by atoms with Gasteiger partial charge in [0.15, 0.2) is 0 Å². The Labute approximate surface area is 105 Å². The van der Waals surface area contributed by atoms with Gasteiger partial charge in [-0.2, -0.15) is 0 Å². The van der Waals surface area contributed by atoms with E-state index in [-0.39, 0.29) is 0 Å². The van der Waals surface area contributed by atoms with E-state index in [0.29, 0.717) is 12.0 Å². The molecule has 0 spiro atoms. The molecule has 0 aliphatic carbocycles. The van der Waals surface area contributed by atoms with Crippen molar-refractivity contribution in [2.75, 3.05) is 25.0 Å². The summed E-state index contributed by atoms with van der Waals surface area (Å²) < 4.78 is 0. The van der Waals surface area contributed by atoms with Crippen LogP contribution in [0.2, 0.25) is 0 Å². The Morgan fingerprint density at radius 1 is 1.29 bits per heavy atom. The maximum Gasteiger partial charge on any atom is 0.0398 e. The Kier molecular flexibility index (Phi) is 3.72. The lowest BCUT2D eigenvalue weighted by molar-refractivity contribution is 0.338. The van der Waals surface area contributed by atoms with Crippen molar-refractivity contribution >= 4 is 5.69 Å². The lowest BCUT2D eigenvalue weighted by Crippen LogP contribution is -2.47. The summed E-state index contributed by atoms with van der Waals surface area (Å²) in [6, 6.07) is 7.31. The van der Waals surface area contributed by atoms with Crippen LogP contribution >= 0.6 is 0 Å². The molecule has 2 rings (SSSR count). The zero-order valence-electron chi connectivity index (χ0n) is 11.5. The van der Waals surface area contributed by atoms with Crippen LogP contribution in [0.15, 0.2) is 18.2 Å². The van der Waals surface area contributed by atoms with Crippen LogP contribution < -0.4 is 10.2 Å². The Hall–Kier alpha value is -1.02. The molecule has 2 unspecified atom stereocenters. The van der Waals surface area contributed by atoms with Gasteiger partial charge in [-0.05, 0) is 50.4 Å². The van der Waals surface area contributed by atoms with Crippen LogP contribution in [0, 0.1) is 19.8 Å². The summed E-state index contributed by atoms with van der Waals surface area (Å²) >= 11 is 0. The molecule has 1 heterocycles. The van der Waals surface area contributed by atoms with Crippen LogP contribution in [-0.2, 0) is 0 Å². The molecule has 1 aromatic rings. The Bertz CT molecular complexity index is 387. The zero-order chi connectivity index (χ0) is 12.4. The highest BCUT2D eigenvalue weighted by Gasteiger charge is 2.25. The molecule has 0 bridgehead atoms. The number of aryl methyl sites for hydroxylation is 1. The van der Waals surface area contributed by atoms with E-state index in [2.05, 4.69) is 56.2 Å². The van der Waals surface area contributed by atoms with Gasteiger partial charge in [-0.1, -0.05) is 19.1 Å². The second-order valence-corrected chi connectivity index (χ2v) is 5.33. The van der Waals surface area contributed by atoms with Crippen molar-refractivity contribution in [3.05, 3.63) is 29.3 Å². The van der Waals surface area contributed by atoms with Crippen LogP contribution in [0.4, 0.5) is 5.69 Å². The van der Waals surface area contributed by atoms with Crippen LogP contribution in [-0.4, -0.2) is 26.2 Å². The molecular formula is C15H24N2. The number of hydrogen-bond donors (Lipinski definition) is 1. The smallest absolute Gasteiger partial charge is 0.0398 e. The van der Waals surface area contributed by atoms with E-state index in [0.717, 1.165) is 6.54 Å². The molecule has 2 atom stereocenters. The molecule has 1 aliphatic rings. The van der Waals surface area contributed by atoms with Gasteiger partial charge in [-0.15, -0.1) is 0 Å². The number of hydrogen-bond acceptors (Lipinski definition) is 2. The molecule has 1 aliphatic heterocycles. The minimum Gasteiger partial charge on any atom is -0.371 e. The Balaban J connectivity index is 2.16. The van der Waals surface area contributed by atoms with Crippen molar-refractivity contribution in [2.24, 2.45) is 5.92 Å². The predicted octanol–water partition coefficient (Wildman–Crippen LogP) is 2.74. The average molecular weight is 232 g/mol. The van der Waals surface area contributed by atoms with Crippen LogP contribution in [0.1, 0.15) is 24.5 Å². The highest BCUT2D eigenvalue weighted by Crippen LogP contribution is 2.27. The van der Waals surface area contributed by atoms with E-state index in [1.54, 1.807) is 0 Å². The SMILES string of the molecule is CNC1CCN(c2cccc(C)c2C)CC1C. The van der Waals surface area contributed by atoms with Crippen molar-refractivity contribution in [2.45, 2.75) is 33.2 Å². The summed E-state index contributed by atoms with van der Waals surface area (Å²) in [5.74, 6) is 0.716. The third-order valence-electron chi connectivity index (χ3n) is 4.19. The number of anilines is 1. The van der Waals surface area contributed by atoms with Gasteiger partial charge in [-0.3, -0.25) is 0 Å². The summed E-state index contributed by atoms with van der Waals surface area (Å²) in [5, 5.41) is 3.43. The second-order valence-electron chi connectivity index (χ2n) is 5.33. The van der Waals surface area contributed by atoms with E-state index in [1.807, 2.05) is 0 Å². The largest absolute Gasteiger partial charge is 0.371 e. The van der Waals surface area contributed by atoms with Gasteiger partial charge in [0.2, 0.25) is 0 Å². The van der Waals surface area contributed by atoms with Gasteiger partial charge in [-0.25, -0.2) is 0 Å². The third-order valence-corrected chi connectivity index (χ3v) is 4.19. The number of nitrogens with zero attached hydrogens (tertiary/aromatic N) is 1. The predicted molar refractivity (Wildman–Crippen MR) is 74.8 cm³/mol. The maximum absolute atomic E-state index is 3.43. The van der Waals surface area contributed by atoms with E-state index in [1.165, 1.54) is 29.8 Å². The first kappa shape index (κ1) is 12.4. The van der Waals surface area contributed by atoms with E-state index in [9.17, 15) is 0 Å². The fourth-order valence-electron chi connectivity index (χ4n) is 2.87. The number of rotatable bonds is 2. The monoisotopic (exact) mass is 232 g/mol. The lowest BCUT2D eigenvalue weighted by atomic mass is 9.93. The highest BCUT2D eigenvalue weighted by atomic mass is 15.2. The summed E-state index contributed by atoms with van der Waals surface area (Å²) in [4.78, 5) is 2.54. The van der Waals surface area contributed by atoms with E-state index < -0.39 is 0 Å². The van der Waals surface area contributed by atoms with Crippen LogP contribution in [0.25, 0.3) is 0 Å². The van der Waals surface area contributed by atoms with Crippen molar-refractivity contribution in [1.29, 1.82) is 0 Å². The molecule has 1 aromatic carbocycles. The van der Waals surface area contributed by atoms with Crippen LogP contribution in [0.5, 0.6) is 0 Å². The van der Waals surface area contributed by atoms with Gasteiger partial charge in [0.05, 0.1) is 0 Å². The molecule has 2 heteroatoms. The Morgan fingerprint density at radius 3 is 2.71 bits per heavy atom. The van der Waals surface area contributed by atoms with Gasteiger partial charge < -0.3 is 10.2 Å². The first-order chi connectivity index (χ1) is 8.13. The molecule has 1 saturated heterocycles. The number of nitrogens with one attached hydrogen (secondary N) is 1. The first-order valence-electron chi connectivity index (χ1n) is 6.62. The van der Waals surface area contributed by atoms with Crippen molar-refractivity contribution in [3.8, 4) is 0 Å². The fraction of sp³-hybridized carbons (Fsp3) is 0.600. The van der Waals surface area contributed by atoms with Gasteiger partial charge >= 0.3 is 0 Å². The topological polar surface area (TPSA) is 15.3 Å². The van der Waals surface area contributed by atoms with Gasteiger partial charge in [0.1, 0.15) is 0 Å². The molecule has 0 amide bonds. The van der Waals surface area contributed by atoms with E-state index in [4.69, 9.17) is 0 Å². The summed E-state index contributed by atoms with van der Waals surface area (Å²) in [6.07, 6.45) is 1.24. The molecule has 1 N–H and O–H groups in total. The van der Waals surface area contributed by atoms with Crippen LogP contribution in [0.3, 0.4) is 0 Å². The molecule has 0 aromatic heterocycles. The number of benzene rings is 1. The van der Waals surface area contributed by atoms with Gasteiger partial charge in [0.25, 0.3) is 0 Å². The average Bonchev–Trinajstić information content (AvgIpc) is 2.32. The summed E-state index contributed by atoms with van der Waals surface area (Å²) in [6.45, 7) is 9.11. The van der Waals surface area contributed by atoms with Crippen molar-refractivity contribution < 1.29 is 0 Å². The molecule has 2 nitrogen and oxygen atoms in total. The molecule has 94 valence electrons. The molecule has 1 fully saturated rings. The summed E-state index contributed by atoms with van der Waals surface area (Å²) in [5.41, 5.74) is 4.25. The lowest BCUT2D eigenvalue weighted by Gasteiger charge is -2.39. The first-order valence-corrected chi connectivity index (χ1v) is 6.62. The Morgan fingerprint density at radius 2 is 2.06 bits per heavy atom. The minimum absolute atomic E-state index is 0.677. The standard InChI is InChI=1S/C15H24N2/c1-11-6-5-7-15(13(11)3)17-9-8-14(16-4)12(2)10-17/h5-7,12,14,16H,8-10H2,1-4H3. The zero-order valence-corrected chi connectivity index (χ0v) is 11.5. The van der Waals surface area contributed by atoms with E-state index >= 15 is 0 Å². The third kappa shape index (κ3) is 2.47. The fourth-order valence-corrected chi connectivity index (χ4v) is 2.87. The van der Waals surface area contributed by atoms with Crippen molar-refractivity contribution in [3.63, 3.8) is 0 Å². The quantitative estimate of drug-likeness (QED) is 0.843. The molecular weight excluding hydrogens is 208 g/mol. The summed E-state index contributed by atoms with van der Waals surface area (Å²) in [7, 11) is 2.08. The molecule has 17 heavy (non-hydrogen) atoms. The van der Waals surface area contributed by atoms with Crippen molar-refractivity contribution in [1.82, 2.24) is 5.32 Å². The highest BCUT2D eigenvalue weighted by molar-refractivity contribution is 5.56. The minimum atomic E-state index is 0.677. The second kappa shape index (κ2) is 5.09. The normalized spacial score (nSPS) is 25.1. The maximum atomic E-state index is 3.43.